The van der Waals surface area contributed by atoms with Crippen molar-refractivity contribution >= 4 is 31.9 Å². The molecule has 0 aromatic heterocycles. The first kappa shape index (κ1) is 15.0. The van der Waals surface area contributed by atoms with Crippen LogP contribution >= 0.6 is 31.9 Å². The molecule has 5 nitrogen and oxygen atoms in total. The molecule has 0 aliphatic carbocycles. The van der Waals surface area contributed by atoms with Crippen LogP contribution in [0.5, 0.6) is 0 Å². The highest BCUT2D eigenvalue weighted by Crippen LogP contribution is 2.58. The summed E-state index contributed by atoms with van der Waals surface area (Å²) in [6.45, 7) is 0. The van der Waals surface area contributed by atoms with E-state index in [1.165, 1.54) is 14.2 Å². The quantitative estimate of drug-likeness (QED) is 0.535. The van der Waals surface area contributed by atoms with Crippen molar-refractivity contribution in [2.45, 2.75) is 4.57 Å². The molecule has 0 aromatic rings. The largest absolute Gasteiger partial charge is 0.344 e. The standard InChI is InChI=1S/C6H15BrO5P2/c1-9-13(10-2)5-6(7)14(8,11-3)12-4/h6H,5H2,1-4H3. The predicted molar refractivity (Wildman–Crippen MR) is 60.1 cm³/mol. The lowest BCUT2D eigenvalue weighted by Gasteiger charge is -2.21. The van der Waals surface area contributed by atoms with Gasteiger partial charge >= 0.3 is 7.60 Å². The van der Waals surface area contributed by atoms with Crippen LogP contribution in [0.3, 0.4) is 0 Å². The third kappa shape index (κ3) is 4.23. The Labute approximate surface area is 94.0 Å². The highest BCUT2D eigenvalue weighted by molar-refractivity contribution is 9.10. The average molecular weight is 309 g/mol. The van der Waals surface area contributed by atoms with Gasteiger partial charge in [-0.3, -0.25) is 4.57 Å². The van der Waals surface area contributed by atoms with Crippen LogP contribution in [0.25, 0.3) is 0 Å². The van der Waals surface area contributed by atoms with Crippen molar-refractivity contribution in [1.29, 1.82) is 0 Å². The maximum atomic E-state index is 11.8. The number of hydrogen-bond donors (Lipinski definition) is 0. The number of hydrogen-bond acceptors (Lipinski definition) is 5. The van der Waals surface area contributed by atoms with E-state index in [0.29, 0.717) is 6.16 Å². The zero-order valence-corrected chi connectivity index (χ0v) is 12.0. The molecule has 0 aliphatic rings. The molecule has 0 aliphatic heterocycles. The molecule has 0 amide bonds. The van der Waals surface area contributed by atoms with E-state index >= 15 is 0 Å². The fourth-order valence-corrected chi connectivity index (χ4v) is 4.96. The molecule has 1 atom stereocenters. The molecule has 14 heavy (non-hydrogen) atoms. The van der Waals surface area contributed by atoms with Crippen LogP contribution in [0.1, 0.15) is 0 Å². The zero-order valence-electron chi connectivity index (χ0n) is 8.60. The van der Waals surface area contributed by atoms with E-state index in [0.717, 1.165) is 0 Å². The van der Waals surface area contributed by atoms with Crippen molar-refractivity contribution in [1.82, 2.24) is 0 Å². The summed E-state index contributed by atoms with van der Waals surface area (Å²) in [5.74, 6) is 0. The number of alkyl halides is 1. The Bertz CT molecular complexity index is 191. The Hall–Kier alpha value is 0.980. The maximum Gasteiger partial charge on any atom is 0.344 e. The second-order valence-corrected chi connectivity index (χ2v) is 8.23. The van der Waals surface area contributed by atoms with Crippen LogP contribution in [0, 0.1) is 0 Å². The van der Waals surface area contributed by atoms with Gasteiger partial charge in [0, 0.05) is 34.6 Å². The fourth-order valence-electron chi connectivity index (χ4n) is 0.750. The molecule has 0 bridgehead atoms. The minimum atomic E-state index is -3.08. The topological polar surface area (TPSA) is 54.0 Å². The highest BCUT2D eigenvalue weighted by Gasteiger charge is 2.34. The van der Waals surface area contributed by atoms with Crippen LogP contribution < -0.4 is 0 Å². The van der Waals surface area contributed by atoms with Gasteiger partial charge in [0.2, 0.25) is 0 Å². The van der Waals surface area contributed by atoms with E-state index in [1.54, 1.807) is 14.2 Å². The third-order valence-electron chi connectivity index (χ3n) is 1.56. The summed E-state index contributed by atoms with van der Waals surface area (Å²) in [6, 6.07) is 0. The van der Waals surface area contributed by atoms with Crippen molar-refractivity contribution in [3.05, 3.63) is 0 Å². The molecular formula is C6H15BrO5P2. The average Bonchev–Trinajstić information content (AvgIpc) is 2.24. The van der Waals surface area contributed by atoms with Crippen LogP contribution in [0.2, 0.25) is 0 Å². The molecule has 86 valence electrons. The van der Waals surface area contributed by atoms with Gasteiger partial charge in [0.15, 0.2) is 8.38 Å². The molecule has 0 radical (unpaired) electrons. The lowest BCUT2D eigenvalue weighted by molar-refractivity contribution is 0.274. The Kier molecular flexibility index (Phi) is 7.80. The van der Waals surface area contributed by atoms with Gasteiger partial charge in [0.25, 0.3) is 0 Å². The lowest BCUT2D eigenvalue weighted by Crippen LogP contribution is -2.08. The number of rotatable bonds is 7. The van der Waals surface area contributed by atoms with Crippen LogP contribution in [-0.4, -0.2) is 39.2 Å². The molecule has 0 saturated heterocycles. The molecule has 0 N–H and O–H groups in total. The van der Waals surface area contributed by atoms with Crippen LogP contribution in [0.15, 0.2) is 0 Å². The van der Waals surface area contributed by atoms with Crippen molar-refractivity contribution in [2.24, 2.45) is 0 Å². The van der Waals surface area contributed by atoms with E-state index in [-0.39, 0.29) is 0 Å². The van der Waals surface area contributed by atoms with E-state index in [1.807, 2.05) is 0 Å². The molecule has 0 spiro atoms. The van der Waals surface area contributed by atoms with Crippen LogP contribution in [-0.2, 0) is 22.7 Å². The molecule has 0 saturated carbocycles. The first-order valence-electron chi connectivity index (χ1n) is 3.75. The lowest BCUT2D eigenvalue weighted by atomic mass is 11.0. The van der Waals surface area contributed by atoms with E-state index in [4.69, 9.17) is 18.1 Å². The molecule has 1 unspecified atom stereocenters. The summed E-state index contributed by atoms with van der Waals surface area (Å²) >= 11 is 3.25. The Morgan fingerprint density at radius 2 is 1.64 bits per heavy atom. The molecule has 0 heterocycles. The molecule has 0 rings (SSSR count). The third-order valence-corrected chi connectivity index (χ3v) is 7.54. The van der Waals surface area contributed by atoms with Gasteiger partial charge < -0.3 is 18.1 Å². The summed E-state index contributed by atoms with van der Waals surface area (Å²) in [5, 5.41) is 0. The second-order valence-electron chi connectivity index (χ2n) is 2.22. The maximum absolute atomic E-state index is 11.8. The van der Waals surface area contributed by atoms with E-state index in [9.17, 15) is 4.57 Å². The van der Waals surface area contributed by atoms with Gasteiger partial charge in [0.1, 0.15) is 4.57 Å². The normalized spacial score (nSPS) is 14.7. The summed E-state index contributed by atoms with van der Waals surface area (Å²) in [4.78, 5) is 0. The Morgan fingerprint density at radius 1 is 1.21 bits per heavy atom. The molecule has 0 fully saturated rings. The van der Waals surface area contributed by atoms with Gasteiger partial charge in [-0.25, -0.2) is 0 Å². The highest BCUT2D eigenvalue weighted by atomic mass is 79.9. The van der Waals surface area contributed by atoms with Crippen molar-refractivity contribution in [3.63, 3.8) is 0 Å². The summed E-state index contributed by atoms with van der Waals surface area (Å²) in [6.07, 6.45) is 0.446. The molecule has 8 heteroatoms. The summed E-state index contributed by atoms with van der Waals surface area (Å²) in [7, 11) is 1.65. The summed E-state index contributed by atoms with van der Waals surface area (Å²) in [5.41, 5.74) is 0. The SMILES string of the molecule is COP(CC(Br)P(=O)(OC)OC)OC. The Morgan fingerprint density at radius 3 is 1.93 bits per heavy atom. The molecule has 0 aromatic carbocycles. The predicted octanol–water partition coefficient (Wildman–Crippen LogP) is 2.80. The van der Waals surface area contributed by atoms with Crippen molar-refractivity contribution in [2.75, 3.05) is 34.6 Å². The van der Waals surface area contributed by atoms with Crippen LogP contribution in [0.4, 0.5) is 0 Å². The smallest absolute Gasteiger partial charge is 0.337 e. The molecular weight excluding hydrogens is 294 g/mol. The van der Waals surface area contributed by atoms with Gasteiger partial charge in [-0.1, -0.05) is 15.9 Å². The van der Waals surface area contributed by atoms with E-state index in [2.05, 4.69) is 15.9 Å². The monoisotopic (exact) mass is 308 g/mol. The Balaban J connectivity index is 4.30. The van der Waals surface area contributed by atoms with Gasteiger partial charge in [-0.05, 0) is 0 Å². The van der Waals surface area contributed by atoms with E-state index < -0.39 is 20.5 Å². The first-order chi connectivity index (χ1) is 6.53. The van der Waals surface area contributed by atoms with Gasteiger partial charge in [0.05, 0.1) is 0 Å². The van der Waals surface area contributed by atoms with Crippen molar-refractivity contribution in [3.8, 4) is 0 Å². The zero-order chi connectivity index (χ0) is 11.2. The van der Waals surface area contributed by atoms with Gasteiger partial charge in [-0.15, -0.1) is 0 Å². The summed E-state index contributed by atoms with van der Waals surface area (Å²) < 4.78 is 31.1. The first-order valence-corrected chi connectivity index (χ1v) is 7.64. The number of halogens is 1. The van der Waals surface area contributed by atoms with Crippen molar-refractivity contribution < 1.29 is 22.7 Å². The van der Waals surface area contributed by atoms with Gasteiger partial charge in [-0.2, -0.15) is 0 Å². The minimum absolute atomic E-state index is 0.420. The minimum Gasteiger partial charge on any atom is -0.337 e. The fraction of sp³-hybridized carbons (Fsp3) is 1.00. The second kappa shape index (κ2) is 7.29.